The Kier molecular flexibility index (Phi) is 17.5. The maximum atomic E-state index is 4.13. The summed E-state index contributed by atoms with van der Waals surface area (Å²) in [5, 5.41) is 16.5. The van der Waals surface area contributed by atoms with Crippen molar-refractivity contribution in [3.8, 4) is 0 Å². The van der Waals surface area contributed by atoms with Crippen LogP contribution < -0.4 is 0 Å². The van der Waals surface area contributed by atoms with Crippen LogP contribution in [0.4, 0.5) is 0 Å². The van der Waals surface area contributed by atoms with Gasteiger partial charge >= 0.3 is 0 Å². The van der Waals surface area contributed by atoms with Gasteiger partial charge in [0.2, 0.25) is 0 Å². The maximum absolute atomic E-state index is 4.13. The predicted molar refractivity (Wildman–Crippen MR) is 206 cm³/mol. The van der Waals surface area contributed by atoms with Gasteiger partial charge in [-0.25, -0.2) is 0 Å². The van der Waals surface area contributed by atoms with Crippen LogP contribution in [0.1, 0.15) is 90.5 Å². The predicted octanol–water partition coefficient (Wildman–Crippen LogP) is 10.8. The van der Waals surface area contributed by atoms with Crippen LogP contribution in [0.15, 0.2) is 143 Å². The Bertz CT molecular complexity index is 1560. The Balaban J connectivity index is 0.000000256. The van der Waals surface area contributed by atoms with E-state index < -0.39 is 0 Å². The molecule has 0 heterocycles. The molecule has 0 aromatic heterocycles. The summed E-state index contributed by atoms with van der Waals surface area (Å²) in [6.45, 7) is 11.9. The number of nitrogens with zero attached hydrogens (tertiary/aromatic N) is 4. The summed E-state index contributed by atoms with van der Waals surface area (Å²) >= 11 is 0. The molecule has 0 aliphatic rings. The molecule has 4 rings (SSSR count). The molecular weight excluding hydrogens is 573 g/mol. The number of unbranched alkanes of at least 4 members (excludes halogenated alkanes) is 1. The lowest BCUT2D eigenvalue weighted by Gasteiger charge is -1.99. The first-order chi connectivity index (χ1) is 23.1. The number of hydrogen-bond donors (Lipinski definition) is 0. The lowest BCUT2D eigenvalue weighted by atomic mass is 10.1. The van der Waals surface area contributed by atoms with E-state index in [1.807, 2.05) is 12.2 Å². The molecule has 4 heteroatoms. The Morgan fingerprint density at radius 2 is 0.702 bits per heavy atom. The standard InChI is InChI=1S/C22H26N2.C21H24N2/c1-3-5-7-19-9-13-21(14-10-19)17-23-24-18-22-15-11-20(12-16-22)8-6-4-2;1-3-5-7-19-10-14-21(15-11-19)17-23-22-16-20-12-8-18(6-4-2)9-13-20/h3,9-18H,1,4-8H2,2H3;3,8-17H,1,4-7H2,2H3/b23-17+,24-18+;22-16+,23-17+. The SMILES string of the molecule is C=CCCc1ccc(/C=N/N=C/c2ccc(CCC)cc2)cc1.C=CCCc1ccc(/C=N/N=C/c2ccc(CCCC)cc2)cc1. The minimum absolute atomic E-state index is 1.01. The molecule has 0 aliphatic heterocycles. The quantitative estimate of drug-likeness (QED) is 0.0639. The van der Waals surface area contributed by atoms with E-state index in [2.05, 4.69) is 144 Å². The second kappa shape index (κ2) is 22.5. The van der Waals surface area contributed by atoms with Crippen molar-refractivity contribution >= 4 is 24.9 Å². The van der Waals surface area contributed by atoms with Crippen LogP contribution in [0.5, 0.6) is 0 Å². The maximum Gasteiger partial charge on any atom is 0.0568 e. The zero-order valence-electron chi connectivity index (χ0n) is 28.3. The van der Waals surface area contributed by atoms with Gasteiger partial charge in [-0.15, -0.1) is 13.2 Å². The third-order valence-corrected chi connectivity index (χ3v) is 7.51. The molecular formula is C43H50N4. The van der Waals surface area contributed by atoms with E-state index in [4.69, 9.17) is 0 Å². The first kappa shape index (κ1) is 36.5. The fourth-order valence-electron chi connectivity index (χ4n) is 4.69. The summed E-state index contributed by atoms with van der Waals surface area (Å²) in [5.41, 5.74) is 9.65. The van der Waals surface area contributed by atoms with Crippen molar-refractivity contribution in [1.29, 1.82) is 0 Å². The molecule has 47 heavy (non-hydrogen) atoms. The van der Waals surface area contributed by atoms with E-state index in [9.17, 15) is 0 Å². The average molecular weight is 623 g/mol. The van der Waals surface area contributed by atoms with Gasteiger partial charge in [0.15, 0.2) is 0 Å². The van der Waals surface area contributed by atoms with Crippen molar-refractivity contribution in [3.63, 3.8) is 0 Å². The smallest absolute Gasteiger partial charge is 0.0568 e. The number of allylic oxidation sites excluding steroid dienone is 2. The van der Waals surface area contributed by atoms with Gasteiger partial charge in [0.05, 0.1) is 24.9 Å². The molecule has 0 bridgehead atoms. The van der Waals surface area contributed by atoms with Crippen LogP contribution >= 0.6 is 0 Å². The van der Waals surface area contributed by atoms with Gasteiger partial charge in [-0.3, -0.25) is 0 Å². The lowest BCUT2D eigenvalue weighted by Crippen LogP contribution is -1.87. The molecule has 0 saturated carbocycles. The van der Waals surface area contributed by atoms with Crippen molar-refractivity contribution in [1.82, 2.24) is 0 Å². The molecule has 0 spiro atoms. The third kappa shape index (κ3) is 15.3. The van der Waals surface area contributed by atoms with Gasteiger partial charge < -0.3 is 0 Å². The van der Waals surface area contributed by atoms with Crippen molar-refractivity contribution in [2.75, 3.05) is 0 Å². The largest absolute Gasteiger partial charge is 0.159 e. The highest BCUT2D eigenvalue weighted by molar-refractivity contribution is 5.83. The van der Waals surface area contributed by atoms with Crippen molar-refractivity contribution in [2.24, 2.45) is 20.4 Å². The van der Waals surface area contributed by atoms with E-state index in [1.54, 1.807) is 24.9 Å². The number of hydrogen-bond acceptors (Lipinski definition) is 4. The van der Waals surface area contributed by atoms with Gasteiger partial charge in [0.1, 0.15) is 0 Å². The number of benzene rings is 4. The first-order valence-electron chi connectivity index (χ1n) is 16.8. The number of aryl methyl sites for hydroxylation is 4. The van der Waals surface area contributed by atoms with Crippen LogP contribution in [-0.4, -0.2) is 24.9 Å². The molecule has 0 atom stereocenters. The van der Waals surface area contributed by atoms with Gasteiger partial charge in [-0.1, -0.05) is 136 Å². The molecule has 0 fully saturated rings. The Morgan fingerprint density at radius 1 is 0.404 bits per heavy atom. The second-order valence-corrected chi connectivity index (χ2v) is 11.5. The van der Waals surface area contributed by atoms with Gasteiger partial charge in [0, 0.05) is 0 Å². The van der Waals surface area contributed by atoms with E-state index in [-0.39, 0.29) is 0 Å². The fraction of sp³-hybridized carbons (Fsp3) is 0.256. The summed E-state index contributed by atoms with van der Waals surface area (Å²) in [4.78, 5) is 0. The van der Waals surface area contributed by atoms with Crippen molar-refractivity contribution in [3.05, 3.63) is 167 Å². The molecule has 0 saturated heterocycles. The van der Waals surface area contributed by atoms with Crippen LogP contribution in [0.25, 0.3) is 0 Å². The van der Waals surface area contributed by atoms with E-state index in [1.165, 1.54) is 41.5 Å². The highest BCUT2D eigenvalue weighted by Crippen LogP contribution is 2.09. The van der Waals surface area contributed by atoms with E-state index in [0.29, 0.717) is 0 Å². The van der Waals surface area contributed by atoms with Crippen molar-refractivity contribution in [2.45, 2.75) is 71.6 Å². The molecule has 0 radical (unpaired) electrons. The summed E-state index contributed by atoms with van der Waals surface area (Å²) in [6.07, 6.45) is 21.0. The molecule has 0 amide bonds. The lowest BCUT2D eigenvalue weighted by molar-refractivity contribution is 0.795. The Morgan fingerprint density at radius 3 is 0.979 bits per heavy atom. The highest BCUT2D eigenvalue weighted by atomic mass is 15.2. The zero-order valence-corrected chi connectivity index (χ0v) is 28.3. The van der Waals surface area contributed by atoms with Crippen LogP contribution in [0, 0.1) is 0 Å². The molecule has 242 valence electrons. The van der Waals surface area contributed by atoms with Crippen molar-refractivity contribution < 1.29 is 0 Å². The normalized spacial score (nSPS) is 11.4. The first-order valence-corrected chi connectivity index (χ1v) is 16.8. The fourth-order valence-corrected chi connectivity index (χ4v) is 4.69. The minimum atomic E-state index is 1.01. The molecule has 0 aliphatic carbocycles. The summed E-state index contributed by atoms with van der Waals surface area (Å²) in [5.74, 6) is 0. The number of rotatable bonds is 17. The Hall–Kier alpha value is -4.96. The average Bonchev–Trinajstić information content (AvgIpc) is 3.12. The molecule has 0 unspecified atom stereocenters. The molecule has 4 aromatic carbocycles. The van der Waals surface area contributed by atoms with Crippen LogP contribution in [0.2, 0.25) is 0 Å². The van der Waals surface area contributed by atoms with E-state index >= 15 is 0 Å². The summed E-state index contributed by atoms with van der Waals surface area (Å²) in [7, 11) is 0. The highest BCUT2D eigenvalue weighted by Gasteiger charge is 1.95. The minimum Gasteiger partial charge on any atom is -0.159 e. The molecule has 4 nitrogen and oxygen atoms in total. The van der Waals surface area contributed by atoms with Gasteiger partial charge in [0.25, 0.3) is 0 Å². The molecule has 0 N–H and O–H groups in total. The molecule has 4 aromatic rings. The summed E-state index contributed by atoms with van der Waals surface area (Å²) in [6, 6.07) is 33.8. The van der Waals surface area contributed by atoms with Crippen LogP contribution in [0.3, 0.4) is 0 Å². The van der Waals surface area contributed by atoms with E-state index in [0.717, 1.165) is 60.8 Å². The Labute approximate surface area is 283 Å². The van der Waals surface area contributed by atoms with Gasteiger partial charge in [-0.2, -0.15) is 20.4 Å². The van der Waals surface area contributed by atoms with Gasteiger partial charge in [-0.05, 0) is 89.5 Å². The second-order valence-electron chi connectivity index (χ2n) is 11.5. The topological polar surface area (TPSA) is 49.4 Å². The van der Waals surface area contributed by atoms with Crippen LogP contribution in [-0.2, 0) is 25.7 Å². The third-order valence-electron chi connectivity index (χ3n) is 7.51. The zero-order chi connectivity index (χ0) is 33.4. The summed E-state index contributed by atoms with van der Waals surface area (Å²) < 4.78 is 0. The monoisotopic (exact) mass is 622 g/mol.